The van der Waals surface area contributed by atoms with E-state index in [2.05, 4.69) is 36.6 Å². The Labute approximate surface area is 199 Å². The molecule has 0 spiro atoms. The maximum atomic E-state index is 13.3. The van der Waals surface area contributed by atoms with Crippen molar-refractivity contribution >= 4 is 17.8 Å². The molecular weight excluding hydrogens is 434 g/mol. The van der Waals surface area contributed by atoms with E-state index in [0.29, 0.717) is 23.0 Å². The van der Waals surface area contributed by atoms with Crippen LogP contribution in [0.25, 0.3) is 0 Å². The van der Waals surface area contributed by atoms with Crippen LogP contribution < -0.4 is 20.1 Å². The minimum atomic E-state index is -1.30. The summed E-state index contributed by atoms with van der Waals surface area (Å²) in [6, 6.07) is 12.4. The van der Waals surface area contributed by atoms with Gasteiger partial charge in [0.25, 0.3) is 5.91 Å². The lowest BCUT2D eigenvalue weighted by atomic mass is 9.91. The molecule has 34 heavy (non-hydrogen) atoms. The molecule has 0 saturated carbocycles. The van der Waals surface area contributed by atoms with Crippen LogP contribution in [-0.2, 0) is 15.1 Å². The highest BCUT2D eigenvalue weighted by molar-refractivity contribution is 6.09. The van der Waals surface area contributed by atoms with Gasteiger partial charge in [-0.2, -0.15) is 0 Å². The number of rotatable bonds is 7. The summed E-state index contributed by atoms with van der Waals surface area (Å²) in [4.78, 5) is 39.8. The first-order valence-corrected chi connectivity index (χ1v) is 11.5. The lowest BCUT2D eigenvalue weighted by Crippen LogP contribution is -2.44. The second-order valence-corrected chi connectivity index (χ2v) is 9.63. The second kappa shape index (κ2) is 9.00. The van der Waals surface area contributed by atoms with E-state index in [-0.39, 0.29) is 25.3 Å². The largest absolute Gasteiger partial charge is 0.454 e. The van der Waals surface area contributed by atoms with E-state index in [4.69, 9.17) is 9.47 Å². The number of ether oxygens (including phenoxy) is 2. The molecule has 0 bridgehead atoms. The van der Waals surface area contributed by atoms with Crippen LogP contribution in [0.1, 0.15) is 63.3 Å². The predicted molar refractivity (Wildman–Crippen MR) is 126 cm³/mol. The lowest BCUT2D eigenvalue weighted by Gasteiger charge is -2.25. The van der Waals surface area contributed by atoms with Crippen LogP contribution >= 0.6 is 0 Å². The third kappa shape index (κ3) is 4.32. The normalized spacial score (nSPS) is 20.1. The van der Waals surface area contributed by atoms with E-state index >= 15 is 0 Å². The van der Waals surface area contributed by atoms with E-state index in [1.54, 1.807) is 25.1 Å². The second-order valence-electron chi connectivity index (χ2n) is 9.63. The smallest absolute Gasteiger partial charge is 0.325 e. The summed E-state index contributed by atoms with van der Waals surface area (Å²) in [5, 5.41) is 5.73. The molecule has 2 N–H and O–H groups in total. The summed E-state index contributed by atoms with van der Waals surface area (Å²) < 4.78 is 10.7. The van der Waals surface area contributed by atoms with Crippen LogP contribution in [0.5, 0.6) is 11.5 Å². The number of nitrogens with one attached hydrogen (secondary N) is 2. The van der Waals surface area contributed by atoms with Gasteiger partial charge in [-0.3, -0.25) is 14.5 Å². The van der Waals surface area contributed by atoms with E-state index in [9.17, 15) is 14.4 Å². The fourth-order valence-electron chi connectivity index (χ4n) is 4.33. The van der Waals surface area contributed by atoms with Crippen LogP contribution in [0.4, 0.5) is 4.79 Å². The van der Waals surface area contributed by atoms with Gasteiger partial charge < -0.3 is 20.1 Å². The summed E-state index contributed by atoms with van der Waals surface area (Å²) in [6.07, 6.45) is 0. The molecule has 8 nitrogen and oxygen atoms in total. The SMILES string of the molecule is CC(C)c1ccc([C@@H](NC(=O)CN2C(=O)N[C@](C)(c3ccc4c(c3)OCO4)C2=O)C(C)C)cc1. The van der Waals surface area contributed by atoms with Crippen LogP contribution in [0, 0.1) is 5.92 Å². The Hall–Kier alpha value is -3.55. The summed E-state index contributed by atoms with van der Waals surface area (Å²) in [6.45, 7) is 9.67. The molecule has 1 saturated heterocycles. The highest BCUT2D eigenvalue weighted by Gasteiger charge is 2.50. The molecular formula is C26H31N3O5. The van der Waals surface area contributed by atoms with Crippen molar-refractivity contribution in [1.29, 1.82) is 0 Å². The Morgan fingerprint density at radius 1 is 1.03 bits per heavy atom. The Bertz CT molecular complexity index is 1110. The topological polar surface area (TPSA) is 97.0 Å². The maximum absolute atomic E-state index is 13.3. The van der Waals surface area contributed by atoms with Crippen molar-refractivity contribution in [2.45, 2.75) is 52.1 Å². The van der Waals surface area contributed by atoms with Crippen molar-refractivity contribution in [3.8, 4) is 11.5 Å². The molecule has 0 aliphatic carbocycles. The molecule has 2 aromatic carbocycles. The molecule has 2 heterocycles. The first-order valence-electron chi connectivity index (χ1n) is 11.5. The van der Waals surface area contributed by atoms with Crippen LogP contribution in [0.2, 0.25) is 0 Å². The molecule has 180 valence electrons. The third-order valence-corrected chi connectivity index (χ3v) is 6.47. The molecule has 4 rings (SSSR count). The summed E-state index contributed by atoms with van der Waals surface area (Å²) in [5.41, 5.74) is 1.46. The summed E-state index contributed by atoms with van der Waals surface area (Å²) in [7, 11) is 0. The number of imide groups is 1. The Morgan fingerprint density at radius 2 is 1.68 bits per heavy atom. The number of hydrogen-bond acceptors (Lipinski definition) is 5. The van der Waals surface area contributed by atoms with Gasteiger partial charge in [-0.25, -0.2) is 4.79 Å². The summed E-state index contributed by atoms with van der Waals surface area (Å²) in [5.74, 6) is 0.747. The number of amides is 4. The van der Waals surface area contributed by atoms with Crippen molar-refractivity contribution in [3.05, 3.63) is 59.2 Å². The minimum Gasteiger partial charge on any atom is -0.454 e. The highest BCUT2D eigenvalue weighted by Crippen LogP contribution is 2.37. The number of urea groups is 1. The zero-order chi connectivity index (χ0) is 24.6. The molecule has 2 aliphatic heterocycles. The van der Waals surface area contributed by atoms with Gasteiger partial charge in [-0.05, 0) is 47.6 Å². The lowest BCUT2D eigenvalue weighted by molar-refractivity contribution is -0.135. The standard InChI is InChI=1S/C26H31N3O5/c1-15(2)17-6-8-18(9-7-17)23(16(3)4)27-22(30)13-29-24(31)26(5,28-25(29)32)19-10-11-20-21(12-19)34-14-33-20/h6-12,15-16,23H,13-14H2,1-5H3,(H,27,30)(H,28,32)/t23-,26+/m0/s1. The van der Waals surface area contributed by atoms with E-state index in [1.165, 1.54) is 5.56 Å². The zero-order valence-corrected chi connectivity index (χ0v) is 20.2. The van der Waals surface area contributed by atoms with Gasteiger partial charge >= 0.3 is 6.03 Å². The monoisotopic (exact) mass is 465 g/mol. The first-order chi connectivity index (χ1) is 16.1. The Kier molecular flexibility index (Phi) is 6.25. The highest BCUT2D eigenvalue weighted by atomic mass is 16.7. The maximum Gasteiger partial charge on any atom is 0.325 e. The molecule has 8 heteroatoms. The first kappa shape index (κ1) is 23.6. The average Bonchev–Trinajstić information content (AvgIpc) is 3.35. The fourth-order valence-corrected chi connectivity index (χ4v) is 4.33. The van der Waals surface area contributed by atoms with E-state index in [1.807, 2.05) is 26.0 Å². The predicted octanol–water partition coefficient (Wildman–Crippen LogP) is 3.82. The van der Waals surface area contributed by atoms with Crippen molar-refractivity contribution < 1.29 is 23.9 Å². The van der Waals surface area contributed by atoms with Crippen LogP contribution in [0.15, 0.2) is 42.5 Å². The average molecular weight is 466 g/mol. The number of benzene rings is 2. The Morgan fingerprint density at radius 3 is 2.32 bits per heavy atom. The minimum absolute atomic E-state index is 0.110. The number of carbonyl (C=O) groups excluding carboxylic acids is 3. The molecule has 1 fully saturated rings. The molecule has 2 aliphatic rings. The van der Waals surface area contributed by atoms with Gasteiger partial charge in [-0.15, -0.1) is 0 Å². The van der Waals surface area contributed by atoms with Crippen LogP contribution in [-0.4, -0.2) is 36.1 Å². The molecule has 4 amide bonds. The fraction of sp³-hybridized carbons (Fsp3) is 0.423. The number of carbonyl (C=O) groups is 3. The van der Waals surface area contributed by atoms with Crippen LogP contribution in [0.3, 0.4) is 0 Å². The van der Waals surface area contributed by atoms with Crippen molar-refractivity contribution in [1.82, 2.24) is 15.5 Å². The number of nitrogens with zero attached hydrogens (tertiary/aromatic N) is 1. The third-order valence-electron chi connectivity index (χ3n) is 6.47. The molecule has 2 atom stereocenters. The van der Waals surface area contributed by atoms with Gasteiger partial charge in [0.1, 0.15) is 12.1 Å². The van der Waals surface area contributed by atoms with Crippen molar-refractivity contribution in [3.63, 3.8) is 0 Å². The van der Waals surface area contributed by atoms with Gasteiger partial charge in [0.2, 0.25) is 12.7 Å². The molecule has 2 aromatic rings. The molecule has 0 unspecified atom stereocenters. The quantitative estimate of drug-likeness (QED) is 0.606. The zero-order valence-electron chi connectivity index (χ0n) is 20.2. The van der Waals surface area contributed by atoms with Gasteiger partial charge in [0.15, 0.2) is 11.5 Å². The van der Waals surface area contributed by atoms with Gasteiger partial charge in [0, 0.05) is 0 Å². The summed E-state index contributed by atoms with van der Waals surface area (Å²) >= 11 is 0. The van der Waals surface area contributed by atoms with Crippen molar-refractivity contribution in [2.75, 3.05) is 13.3 Å². The molecule has 0 radical (unpaired) electrons. The van der Waals surface area contributed by atoms with E-state index < -0.39 is 23.4 Å². The number of hydrogen-bond donors (Lipinski definition) is 2. The Balaban J connectivity index is 1.47. The van der Waals surface area contributed by atoms with Gasteiger partial charge in [0.05, 0.1) is 6.04 Å². The molecule has 0 aromatic heterocycles. The van der Waals surface area contributed by atoms with Gasteiger partial charge in [-0.1, -0.05) is 58.0 Å². The number of fused-ring (bicyclic) bond motifs is 1. The van der Waals surface area contributed by atoms with Crippen molar-refractivity contribution in [2.24, 2.45) is 5.92 Å². The van der Waals surface area contributed by atoms with E-state index in [0.717, 1.165) is 10.5 Å².